The molecule has 1 fully saturated rings. The predicted molar refractivity (Wildman–Crippen MR) is 149 cm³/mol. The molecule has 0 radical (unpaired) electrons. The summed E-state index contributed by atoms with van der Waals surface area (Å²) in [5.41, 5.74) is 5.55. The Bertz CT molecular complexity index is 1310. The Morgan fingerprint density at radius 1 is 0.676 bits per heavy atom. The molecule has 1 N–H and O–H groups in total. The normalized spacial score (nSPS) is 13.5. The zero-order chi connectivity index (χ0) is 25.6. The number of amides is 2. The lowest BCUT2D eigenvalue weighted by Gasteiger charge is -2.36. The van der Waals surface area contributed by atoms with Gasteiger partial charge in [-0.2, -0.15) is 0 Å². The zero-order valence-electron chi connectivity index (χ0n) is 21.0. The molecule has 0 unspecified atom stereocenters. The van der Waals surface area contributed by atoms with E-state index in [-0.39, 0.29) is 17.7 Å². The summed E-state index contributed by atoms with van der Waals surface area (Å²) in [5, 5.41) is 3.10. The van der Waals surface area contributed by atoms with Crippen LogP contribution in [0.2, 0.25) is 0 Å². The monoisotopic (exact) mass is 489 g/mol. The summed E-state index contributed by atoms with van der Waals surface area (Å²) in [5.74, 6) is -0.350. The largest absolute Gasteiger partial charge is 0.368 e. The van der Waals surface area contributed by atoms with E-state index >= 15 is 0 Å². The average molecular weight is 490 g/mol. The van der Waals surface area contributed by atoms with Crippen molar-refractivity contribution in [3.63, 3.8) is 0 Å². The van der Waals surface area contributed by atoms with Crippen LogP contribution in [0.4, 0.5) is 11.4 Å². The minimum absolute atomic E-state index is 0.0616. The molecule has 2 amide bonds. The summed E-state index contributed by atoms with van der Waals surface area (Å²) in [6, 6.07) is 35.4. The maximum Gasteiger partial charge on any atom is 0.254 e. The summed E-state index contributed by atoms with van der Waals surface area (Å²) in [6.07, 6.45) is 0. The van der Waals surface area contributed by atoms with E-state index in [4.69, 9.17) is 0 Å². The molecule has 0 aromatic heterocycles. The van der Waals surface area contributed by atoms with Crippen LogP contribution < -0.4 is 10.2 Å². The van der Waals surface area contributed by atoms with Crippen molar-refractivity contribution in [3.05, 3.63) is 131 Å². The highest BCUT2D eigenvalue weighted by Crippen LogP contribution is 2.27. The molecule has 1 saturated heterocycles. The maximum atomic E-state index is 13.4. The number of piperazine rings is 1. The van der Waals surface area contributed by atoms with Crippen LogP contribution in [0.25, 0.3) is 0 Å². The molecular weight excluding hydrogens is 458 g/mol. The molecule has 1 aliphatic rings. The number of rotatable bonds is 6. The summed E-state index contributed by atoms with van der Waals surface area (Å²) in [4.78, 5) is 30.5. The van der Waals surface area contributed by atoms with Crippen molar-refractivity contribution in [1.82, 2.24) is 4.90 Å². The first-order valence-electron chi connectivity index (χ1n) is 12.7. The van der Waals surface area contributed by atoms with Crippen molar-refractivity contribution >= 4 is 23.2 Å². The van der Waals surface area contributed by atoms with Gasteiger partial charge in [0.1, 0.15) is 0 Å². The molecule has 0 spiro atoms. The SMILES string of the molecule is Cc1ccccc1C(=O)N1CCN(c2ccc(NC(=O)C(c3ccccc3)c3ccccc3)cc2)CC1. The summed E-state index contributed by atoms with van der Waals surface area (Å²) >= 11 is 0. The van der Waals surface area contributed by atoms with E-state index in [9.17, 15) is 9.59 Å². The second-order valence-corrected chi connectivity index (χ2v) is 9.38. The first-order chi connectivity index (χ1) is 18.1. The first kappa shape index (κ1) is 24.3. The lowest BCUT2D eigenvalue weighted by molar-refractivity contribution is -0.116. The van der Waals surface area contributed by atoms with Crippen molar-refractivity contribution in [1.29, 1.82) is 0 Å². The summed E-state index contributed by atoms with van der Waals surface area (Å²) in [6.45, 7) is 4.88. The number of carbonyl (C=O) groups is 2. The highest BCUT2D eigenvalue weighted by molar-refractivity contribution is 5.98. The first-order valence-corrected chi connectivity index (χ1v) is 12.7. The quantitative estimate of drug-likeness (QED) is 0.376. The van der Waals surface area contributed by atoms with Gasteiger partial charge in [-0.3, -0.25) is 9.59 Å². The van der Waals surface area contributed by atoms with Gasteiger partial charge in [-0.1, -0.05) is 78.9 Å². The van der Waals surface area contributed by atoms with Gasteiger partial charge in [0, 0.05) is 43.1 Å². The fourth-order valence-electron chi connectivity index (χ4n) is 4.91. The molecular formula is C32H31N3O2. The van der Waals surface area contributed by atoms with Gasteiger partial charge in [-0.15, -0.1) is 0 Å². The van der Waals surface area contributed by atoms with Crippen molar-refractivity contribution < 1.29 is 9.59 Å². The lowest BCUT2D eigenvalue weighted by atomic mass is 9.90. The molecule has 5 rings (SSSR count). The van der Waals surface area contributed by atoms with Crippen LogP contribution in [0, 0.1) is 6.92 Å². The topological polar surface area (TPSA) is 52.7 Å². The zero-order valence-corrected chi connectivity index (χ0v) is 21.0. The standard InChI is InChI=1S/C32H31N3O2/c1-24-10-8-9-15-29(24)32(37)35-22-20-34(21-23-35)28-18-16-27(17-19-28)33-31(36)30(25-11-4-2-5-12-25)26-13-6-3-7-14-26/h2-19,30H,20-23H2,1H3,(H,33,36). The van der Waals surface area contributed by atoms with Gasteiger partial charge in [-0.05, 0) is 53.9 Å². The molecule has 0 atom stereocenters. The third-order valence-corrected chi connectivity index (χ3v) is 6.97. The van der Waals surface area contributed by atoms with Crippen LogP contribution in [0.3, 0.4) is 0 Å². The average Bonchev–Trinajstić information content (AvgIpc) is 2.95. The molecule has 4 aromatic carbocycles. The van der Waals surface area contributed by atoms with Crippen LogP contribution in [-0.4, -0.2) is 42.9 Å². The van der Waals surface area contributed by atoms with Gasteiger partial charge in [-0.25, -0.2) is 0 Å². The molecule has 5 nitrogen and oxygen atoms in total. The third kappa shape index (κ3) is 5.56. The predicted octanol–water partition coefficient (Wildman–Crippen LogP) is 5.73. The number of aryl methyl sites for hydroxylation is 1. The van der Waals surface area contributed by atoms with Gasteiger partial charge in [0.2, 0.25) is 5.91 Å². The van der Waals surface area contributed by atoms with Crippen LogP contribution in [0.5, 0.6) is 0 Å². The number of hydrogen-bond donors (Lipinski definition) is 1. The molecule has 1 aliphatic heterocycles. The van der Waals surface area contributed by atoms with Crippen molar-refractivity contribution in [2.45, 2.75) is 12.8 Å². The Labute approximate surface area is 218 Å². The molecule has 37 heavy (non-hydrogen) atoms. The van der Waals surface area contributed by atoms with E-state index in [1.54, 1.807) is 0 Å². The molecule has 186 valence electrons. The van der Waals surface area contributed by atoms with Crippen LogP contribution >= 0.6 is 0 Å². The van der Waals surface area contributed by atoms with Crippen molar-refractivity contribution in [2.75, 3.05) is 36.4 Å². The highest BCUT2D eigenvalue weighted by atomic mass is 16.2. The minimum atomic E-state index is -0.388. The van der Waals surface area contributed by atoms with E-state index in [1.807, 2.05) is 121 Å². The molecule has 5 heteroatoms. The van der Waals surface area contributed by atoms with Gasteiger partial charge in [0.25, 0.3) is 5.91 Å². The van der Waals surface area contributed by atoms with Gasteiger partial charge >= 0.3 is 0 Å². The number of nitrogens with one attached hydrogen (secondary N) is 1. The van der Waals surface area contributed by atoms with Gasteiger partial charge < -0.3 is 15.1 Å². The van der Waals surface area contributed by atoms with E-state index in [2.05, 4.69) is 10.2 Å². The Balaban J connectivity index is 1.23. The van der Waals surface area contributed by atoms with E-state index < -0.39 is 0 Å². The molecule has 4 aromatic rings. The van der Waals surface area contributed by atoms with E-state index in [1.165, 1.54) is 0 Å². The molecule has 1 heterocycles. The Morgan fingerprint density at radius 2 is 1.22 bits per heavy atom. The van der Waals surface area contributed by atoms with Crippen LogP contribution in [0.1, 0.15) is 33.0 Å². The number of anilines is 2. The molecule has 0 aliphatic carbocycles. The fourth-order valence-corrected chi connectivity index (χ4v) is 4.91. The number of nitrogens with zero attached hydrogens (tertiary/aromatic N) is 2. The van der Waals surface area contributed by atoms with Crippen molar-refractivity contribution in [2.24, 2.45) is 0 Å². The Hall–Kier alpha value is -4.38. The number of benzene rings is 4. The minimum Gasteiger partial charge on any atom is -0.368 e. The van der Waals surface area contributed by atoms with Crippen molar-refractivity contribution in [3.8, 4) is 0 Å². The number of hydrogen-bond acceptors (Lipinski definition) is 3. The molecule has 0 bridgehead atoms. The number of carbonyl (C=O) groups excluding carboxylic acids is 2. The summed E-state index contributed by atoms with van der Waals surface area (Å²) < 4.78 is 0. The second kappa shape index (κ2) is 11.1. The van der Waals surface area contributed by atoms with E-state index in [0.717, 1.165) is 46.7 Å². The van der Waals surface area contributed by atoms with E-state index in [0.29, 0.717) is 13.1 Å². The lowest BCUT2D eigenvalue weighted by Crippen LogP contribution is -2.48. The third-order valence-electron chi connectivity index (χ3n) is 6.97. The summed E-state index contributed by atoms with van der Waals surface area (Å²) in [7, 11) is 0. The Morgan fingerprint density at radius 3 is 1.78 bits per heavy atom. The van der Waals surface area contributed by atoms with Gasteiger partial charge in [0.15, 0.2) is 0 Å². The van der Waals surface area contributed by atoms with Crippen LogP contribution in [0.15, 0.2) is 109 Å². The maximum absolute atomic E-state index is 13.4. The fraction of sp³-hybridized carbons (Fsp3) is 0.188. The smallest absolute Gasteiger partial charge is 0.254 e. The van der Waals surface area contributed by atoms with Crippen LogP contribution in [-0.2, 0) is 4.79 Å². The highest BCUT2D eigenvalue weighted by Gasteiger charge is 2.24. The second-order valence-electron chi connectivity index (χ2n) is 9.38. The Kier molecular flexibility index (Phi) is 7.31. The molecule has 0 saturated carbocycles. The van der Waals surface area contributed by atoms with Gasteiger partial charge in [0.05, 0.1) is 5.92 Å².